The van der Waals surface area contributed by atoms with E-state index in [-0.39, 0.29) is 56.4 Å². The molecule has 0 amide bonds. The number of benzene rings is 6. The Kier molecular flexibility index (Phi) is 12.4. The number of sulfonamides is 2. The standard InChI is InChI=1S/C45H41N3O10S2/c1-27-5-13-34(14-6-27)46-42-33(22-31-12-20-41(38(25-31)45(53)58-4)48-60(56,57)36-17-9-29(3)10-18-36)23-32(26-39(42)44(51)52)21-30-11-19-40(37(24-30)43(49)50)47-59(54,55)35-15-7-28(2)8-16-35/h5-20,23-26,46-48H,21-22H2,1-4H3,(H,49,50)(H,51,52). The highest BCUT2D eigenvalue weighted by Gasteiger charge is 2.23. The number of carboxylic acids is 2. The van der Waals surface area contributed by atoms with Crippen LogP contribution < -0.4 is 14.8 Å². The number of ether oxygens (including phenoxy) is 1. The molecule has 0 saturated carbocycles. The molecule has 0 radical (unpaired) electrons. The fourth-order valence-corrected chi connectivity index (χ4v) is 8.60. The van der Waals surface area contributed by atoms with Crippen LogP contribution in [-0.4, -0.2) is 52.1 Å². The Morgan fingerprint density at radius 3 is 1.45 bits per heavy atom. The molecule has 308 valence electrons. The lowest BCUT2D eigenvalue weighted by Crippen LogP contribution is -2.16. The van der Waals surface area contributed by atoms with E-state index in [1.165, 1.54) is 61.7 Å². The molecule has 5 N–H and O–H groups in total. The van der Waals surface area contributed by atoms with Crippen molar-refractivity contribution in [3.05, 3.63) is 177 Å². The molecule has 13 nitrogen and oxygen atoms in total. The van der Waals surface area contributed by atoms with Gasteiger partial charge < -0.3 is 20.3 Å². The van der Waals surface area contributed by atoms with Crippen molar-refractivity contribution in [3.8, 4) is 0 Å². The average Bonchev–Trinajstić information content (AvgIpc) is 3.20. The third-order valence-electron chi connectivity index (χ3n) is 9.59. The van der Waals surface area contributed by atoms with Crippen LogP contribution in [0.1, 0.15) is 70.0 Å². The summed E-state index contributed by atoms with van der Waals surface area (Å²) in [6.45, 7) is 5.54. The number of nitrogens with one attached hydrogen (secondary N) is 3. The number of rotatable bonds is 15. The van der Waals surface area contributed by atoms with E-state index >= 15 is 0 Å². The predicted octanol–water partition coefficient (Wildman–Crippen LogP) is 8.32. The van der Waals surface area contributed by atoms with Crippen LogP contribution in [0.5, 0.6) is 0 Å². The van der Waals surface area contributed by atoms with Crippen LogP contribution in [-0.2, 0) is 37.6 Å². The first-order valence-electron chi connectivity index (χ1n) is 18.4. The van der Waals surface area contributed by atoms with E-state index in [2.05, 4.69) is 14.8 Å². The van der Waals surface area contributed by atoms with Crippen molar-refractivity contribution in [2.75, 3.05) is 21.9 Å². The van der Waals surface area contributed by atoms with Crippen LogP contribution in [0.25, 0.3) is 0 Å². The van der Waals surface area contributed by atoms with Gasteiger partial charge in [0, 0.05) is 5.69 Å². The molecule has 15 heteroatoms. The molecule has 0 fully saturated rings. The number of carbonyl (C=O) groups is 3. The van der Waals surface area contributed by atoms with Gasteiger partial charge in [0.15, 0.2) is 0 Å². The second-order valence-electron chi connectivity index (χ2n) is 14.2. The van der Waals surface area contributed by atoms with E-state index < -0.39 is 38.0 Å². The Morgan fingerprint density at radius 2 is 0.967 bits per heavy atom. The number of aromatic carboxylic acids is 2. The van der Waals surface area contributed by atoms with Gasteiger partial charge in [-0.15, -0.1) is 0 Å². The lowest BCUT2D eigenvalue weighted by atomic mass is 9.93. The fourth-order valence-electron chi connectivity index (χ4n) is 6.44. The smallest absolute Gasteiger partial charge is 0.340 e. The van der Waals surface area contributed by atoms with Gasteiger partial charge in [0.05, 0.1) is 50.7 Å². The van der Waals surface area contributed by atoms with E-state index in [1.807, 2.05) is 32.9 Å². The molecule has 0 bridgehead atoms. The number of anilines is 4. The van der Waals surface area contributed by atoms with Crippen molar-refractivity contribution in [2.24, 2.45) is 0 Å². The molecule has 0 saturated heterocycles. The molecule has 0 atom stereocenters. The third kappa shape index (κ3) is 10.00. The van der Waals surface area contributed by atoms with Crippen LogP contribution in [0.15, 0.2) is 131 Å². The first-order chi connectivity index (χ1) is 28.4. The maximum atomic E-state index is 13.3. The quantitative estimate of drug-likeness (QED) is 0.0622. The van der Waals surface area contributed by atoms with E-state index in [9.17, 15) is 41.4 Å². The molecule has 0 unspecified atom stereocenters. The summed E-state index contributed by atoms with van der Waals surface area (Å²) in [4.78, 5) is 38.4. The lowest BCUT2D eigenvalue weighted by Gasteiger charge is -2.19. The van der Waals surface area contributed by atoms with Crippen LogP contribution in [0.4, 0.5) is 22.7 Å². The zero-order chi connectivity index (χ0) is 43.4. The molecule has 0 aliphatic heterocycles. The van der Waals surface area contributed by atoms with Gasteiger partial charge >= 0.3 is 17.9 Å². The molecule has 0 heterocycles. The number of carboxylic acid groups (broad SMARTS) is 2. The largest absolute Gasteiger partial charge is 0.478 e. The highest BCUT2D eigenvalue weighted by atomic mass is 32.2. The summed E-state index contributed by atoms with van der Waals surface area (Å²) in [5.41, 5.74) is 4.81. The van der Waals surface area contributed by atoms with Crippen LogP contribution in [0.3, 0.4) is 0 Å². The maximum Gasteiger partial charge on any atom is 0.340 e. The van der Waals surface area contributed by atoms with Crippen molar-refractivity contribution in [1.29, 1.82) is 0 Å². The van der Waals surface area contributed by atoms with Gasteiger partial charge in [-0.1, -0.05) is 71.3 Å². The van der Waals surface area contributed by atoms with Gasteiger partial charge in [-0.25, -0.2) is 31.2 Å². The molecule has 0 spiro atoms. The Bertz CT molecular complexity index is 2840. The van der Waals surface area contributed by atoms with Gasteiger partial charge in [0.1, 0.15) is 0 Å². The van der Waals surface area contributed by atoms with Gasteiger partial charge in [-0.2, -0.15) is 0 Å². The van der Waals surface area contributed by atoms with Gasteiger partial charge in [-0.3, -0.25) is 9.44 Å². The highest BCUT2D eigenvalue weighted by Crippen LogP contribution is 2.33. The van der Waals surface area contributed by atoms with Gasteiger partial charge in [0.25, 0.3) is 20.0 Å². The number of esters is 1. The SMILES string of the molecule is COC(=O)c1cc(Cc2cc(Cc3ccc(NS(=O)(=O)c4ccc(C)cc4)c(C(=O)O)c3)cc(C(=O)O)c2Nc2ccc(C)cc2)ccc1NS(=O)(=O)c1ccc(C)cc1. The summed E-state index contributed by atoms with van der Waals surface area (Å²) in [7, 11) is -7.06. The van der Waals surface area contributed by atoms with Crippen molar-refractivity contribution < 1.29 is 46.2 Å². The number of carbonyl (C=O) groups excluding carboxylic acids is 1. The minimum Gasteiger partial charge on any atom is -0.478 e. The number of hydrogen-bond acceptors (Lipinski definition) is 9. The summed E-state index contributed by atoms with van der Waals surface area (Å²) >= 11 is 0. The molecule has 0 aromatic heterocycles. The van der Waals surface area contributed by atoms with E-state index in [4.69, 9.17) is 4.74 Å². The molecule has 0 aliphatic carbocycles. The first kappa shape index (κ1) is 42.6. The maximum absolute atomic E-state index is 13.3. The van der Waals surface area contributed by atoms with Crippen molar-refractivity contribution in [1.82, 2.24) is 0 Å². The highest BCUT2D eigenvalue weighted by molar-refractivity contribution is 7.93. The van der Waals surface area contributed by atoms with E-state index in [1.54, 1.807) is 54.6 Å². The Labute approximate surface area is 347 Å². The molecule has 0 aliphatic rings. The fraction of sp³-hybridized carbons (Fsp3) is 0.133. The number of methoxy groups -OCH3 is 1. The normalized spacial score (nSPS) is 11.4. The average molecular weight is 848 g/mol. The Hall–Kier alpha value is -6.97. The molecule has 6 aromatic rings. The van der Waals surface area contributed by atoms with E-state index in [0.29, 0.717) is 27.9 Å². The zero-order valence-corrected chi connectivity index (χ0v) is 34.6. The Morgan fingerprint density at radius 1 is 0.533 bits per heavy atom. The Balaban J connectivity index is 1.39. The summed E-state index contributed by atoms with van der Waals surface area (Å²) in [5, 5.41) is 23.9. The van der Waals surface area contributed by atoms with Crippen molar-refractivity contribution in [3.63, 3.8) is 0 Å². The topological polar surface area (TPSA) is 205 Å². The molecule has 6 rings (SSSR count). The summed E-state index contributed by atoms with van der Waals surface area (Å²) in [5.74, 6) is -3.44. The zero-order valence-electron chi connectivity index (χ0n) is 32.9. The van der Waals surface area contributed by atoms with Crippen LogP contribution in [0, 0.1) is 20.8 Å². The second kappa shape index (κ2) is 17.5. The van der Waals surface area contributed by atoms with Crippen molar-refractivity contribution >= 4 is 60.7 Å². The summed E-state index contributed by atoms with van der Waals surface area (Å²) < 4.78 is 62.7. The second-order valence-corrected chi connectivity index (χ2v) is 17.6. The predicted molar refractivity (Wildman–Crippen MR) is 229 cm³/mol. The lowest BCUT2D eigenvalue weighted by molar-refractivity contribution is 0.0600. The van der Waals surface area contributed by atoms with Crippen molar-refractivity contribution in [2.45, 2.75) is 43.4 Å². The summed E-state index contributed by atoms with van der Waals surface area (Å²) in [6.07, 6.45) is 0.105. The third-order valence-corrected chi connectivity index (χ3v) is 12.4. The molecular formula is C45H41N3O10S2. The van der Waals surface area contributed by atoms with E-state index in [0.717, 1.165) is 16.7 Å². The monoisotopic (exact) mass is 847 g/mol. The van der Waals surface area contributed by atoms with Crippen LogP contribution >= 0.6 is 0 Å². The first-order valence-corrected chi connectivity index (χ1v) is 21.4. The molecule has 6 aromatic carbocycles. The van der Waals surface area contributed by atoms with Gasteiger partial charge in [0.2, 0.25) is 0 Å². The molecular weight excluding hydrogens is 807 g/mol. The number of aryl methyl sites for hydroxylation is 3. The minimum atomic E-state index is -4.13. The minimum absolute atomic E-state index is 0.00788. The number of hydrogen-bond donors (Lipinski definition) is 5. The summed E-state index contributed by atoms with van der Waals surface area (Å²) in [6, 6.07) is 31.6. The van der Waals surface area contributed by atoms with Gasteiger partial charge in [-0.05, 0) is 123 Å². The van der Waals surface area contributed by atoms with Crippen LogP contribution in [0.2, 0.25) is 0 Å². The molecule has 60 heavy (non-hydrogen) atoms.